The number of carbonyl (C=O) groups is 3. The molecule has 2 aromatic carbocycles. The molecule has 8 nitrogen and oxygen atoms in total. The average molecular weight is 460 g/mol. The first kappa shape index (κ1) is 23.1. The number of carbonyl (C=O) groups excluding carboxylic acids is 2. The number of carboxylic acids is 1. The summed E-state index contributed by atoms with van der Waals surface area (Å²) < 4.78 is 5.80. The minimum Gasteiger partial charge on any atom is -0.493 e. The largest absolute Gasteiger partial charge is 0.493 e. The number of fused-ring (bicyclic) bond motifs is 2. The van der Waals surface area contributed by atoms with Crippen LogP contribution in [0.5, 0.6) is 5.75 Å². The molecule has 1 heterocycles. The van der Waals surface area contributed by atoms with Crippen molar-refractivity contribution >= 4 is 23.5 Å². The van der Waals surface area contributed by atoms with Crippen molar-refractivity contribution in [3.05, 3.63) is 70.8 Å². The van der Waals surface area contributed by atoms with Crippen LogP contribution in [0.25, 0.3) is 0 Å². The van der Waals surface area contributed by atoms with E-state index in [9.17, 15) is 19.6 Å². The fourth-order valence-electron chi connectivity index (χ4n) is 4.60. The van der Waals surface area contributed by atoms with Gasteiger partial charge in [0, 0.05) is 40.8 Å². The van der Waals surface area contributed by atoms with Crippen molar-refractivity contribution in [2.45, 2.75) is 31.6 Å². The van der Waals surface area contributed by atoms with Crippen LogP contribution in [0.15, 0.2) is 48.6 Å². The van der Waals surface area contributed by atoms with Gasteiger partial charge in [-0.2, -0.15) is 5.26 Å². The maximum absolute atomic E-state index is 13.3. The fourth-order valence-corrected chi connectivity index (χ4v) is 4.60. The Kier molecular flexibility index (Phi) is 6.37. The highest BCUT2D eigenvalue weighted by atomic mass is 16.5. The maximum atomic E-state index is 13.3. The second-order valence-electron chi connectivity index (χ2n) is 8.50. The van der Waals surface area contributed by atoms with Crippen molar-refractivity contribution in [3.63, 3.8) is 0 Å². The van der Waals surface area contributed by atoms with Crippen LogP contribution in [0.4, 0.5) is 5.69 Å². The number of rotatable bonds is 7. The molecule has 1 aliphatic carbocycles. The molecule has 1 spiro atoms. The Bertz CT molecular complexity index is 1230. The Morgan fingerprint density at radius 2 is 2.09 bits per heavy atom. The van der Waals surface area contributed by atoms with Crippen LogP contribution in [0.2, 0.25) is 0 Å². The summed E-state index contributed by atoms with van der Waals surface area (Å²) in [7, 11) is 0. The van der Waals surface area contributed by atoms with Gasteiger partial charge < -0.3 is 20.5 Å². The Morgan fingerprint density at radius 1 is 1.26 bits per heavy atom. The van der Waals surface area contributed by atoms with E-state index in [2.05, 4.69) is 16.7 Å². The van der Waals surface area contributed by atoms with E-state index < -0.39 is 11.4 Å². The number of ether oxygens (including phenoxy) is 1. The van der Waals surface area contributed by atoms with Crippen LogP contribution in [0, 0.1) is 17.2 Å². The van der Waals surface area contributed by atoms with Crippen molar-refractivity contribution in [2.24, 2.45) is 5.92 Å². The predicted molar refractivity (Wildman–Crippen MR) is 125 cm³/mol. The van der Waals surface area contributed by atoms with E-state index in [0.717, 1.165) is 11.6 Å². The summed E-state index contributed by atoms with van der Waals surface area (Å²) in [5, 5.41) is 23.9. The lowest BCUT2D eigenvalue weighted by Crippen LogP contribution is -2.28. The standard InChI is InChI=1S/C26H25N3O5/c1-2-28-24(32)18-8-9-22-19(13-18)26(10-11-34-22)14-20(26)25(33)29-21-12-16(15-27)6-7-17(21)4-3-5-23(30)31/h3,5-9,12-13,20H,2,4,10-11,14H2,1H3,(H,28,32)(H,29,33)(H,30,31)/t20-,26-/m0/s1. The van der Waals surface area contributed by atoms with Gasteiger partial charge in [-0.3, -0.25) is 9.59 Å². The molecule has 34 heavy (non-hydrogen) atoms. The zero-order valence-corrected chi connectivity index (χ0v) is 18.8. The third-order valence-corrected chi connectivity index (χ3v) is 6.41. The van der Waals surface area contributed by atoms with Gasteiger partial charge >= 0.3 is 5.97 Å². The van der Waals surface area contributed by atoms with Gasteiger partial charge in [-0.25, -0.2) is 4.79 Å². The minimum absolute atomic E-state index is 0.167. The van der Waals surface area contributed by atoms with Gasteiger partial charge in [-0.05, 0) is 62.1 Å². The van der Waals surface area contributed by atoms with Crippen LogP contribution >= 0.6 is 0 Å². The molecule has 0 unspecified atom stereocenters. The molecule has 2 aromatic rings. The Hall–Kier alpha value is -4.12. The first-order valence-electron chi connectivity index (χ1n) is 11.2. The van der Waals surface area contributed by atoms with Crippen LogP contribution in [-0.4, -0.2) is 36.0 Å². The highest BCUT2D eigenvalue weighted by Crippen LogP contribution is 2.61. The highest BCUT2D eigenvalue weighted by molar-refractivity contribution is 5.98. The van der Waals surface area contributed by atoms with E-state index in [1.54, 1.807) is 30.3 Å². The molecule has 0 radical (unpaired) electrons. The first-order chi connectivity index (χ1) is 16.4. The number of anilines is 1. The second kappa shape index (κ2) is 9.40. The molecule has 0 bridgehead atoms. The van der Waals surface area contributed by atoms with Gasteiger partial charge in [-0.1, -0.05) is 12.1 Å². The number of benzene rings is 2. The molecular weight excluding hydrogens is 434 g/mol. The van der Waals surface area contributed by atoms with Crippen LogP contribution in [0.3, 0.4) is 0 Å². The van der Waals surface area contributed by atoms with Crippen LogP contribution in [-0.2, 0) is 21.4 Å². The predicted octanol–water partition coefficient (Wildman–Crippen LogP) is 3.17. The molecule has 4 rings (SSSR count). The highest BCUT2D eigenvalue weighted by Gasteiger charge is 2.61. The lowest BCUT2D eigenvalue weighted by molar-refractivity contribution is -0.131. The number of aliphatic carboxylic acids is 1. The van der Waals surface area contributed by atoms with E-state index in [-0.39, 0.29) is 17.7 Å². The zero-order chi connectivity index (χ0) is 24.3. The van der Waals surface area contributed by atoms with E-state index in [0.29, 0.717) is 60.5 Å². The molecule has 2 atom stereocenters. The summed E-state index contributed by atoms with van der Waals surface area (Å²) >= 11 is 0. The molecule has 174 valence electrons. The van der Waals surface area contributed by atoms with Gasteiger partial charge in [-0.15, -0.1) is 0 Å². The number of carboxylic acid groups (broad SMARTS) is 1. The molecule has 2 amide bonds. The second-order valence-corrected chi connectivity index (χ2v) is 8.50. The van der Waals surface area contributed by atoms with Gasteiger partial charge in [0.15, 0.2) is 0 Å². The van der Waals surface area contributed by atoms with E-state index in [1.807, 2.05) is 13.0 Å². The van der Waals surface area contributed by atoms with Gasteiger partial charge in [0.1, 0.15) is 5.75 Å². The van der Waals surface area contributed by atoms with Crippen LogP contribution < -0.4 is 15.4 Å². The molecule has 1 aliphatic heterocycles. The number of allylic oxidation sites excluding steroid dienone is 1. The molecule has 0 saturated heterocycles. The van der Waals surface area contributed by atoms with Crippen molar-refractivity contribution < 1.29 is 24.2 Å². The average Bonchev–Trinajstić information content (AvgIpc) is 3.54. The van der Waals surface area contributed by atoms with E-state index in [1.165, 1.54) is 6.08 Å². The van der Waals surface area contributed by atoms with Crippen LogP contribution in [0.1, 0.15) is 46.8 Å². The smallest absolute Gasteiger partial charge is 0.327 e. The Labute approximate surface area is 197 Å². The zero-order valence-electron chi connectivity index (χ0n) is 18.8. The minimum atomic E-state index is -1.05. The van der Waals surface area contributed by atoms with Crippen molar-refractivity contribution in [1.29, 1.82) is 5.26 Å². The number of nitrogens with one attached hydrogen (secondary N) is 2. The lowest BCUT2D eigenvalue weighted by Gasteiger charge is -2.27. The van der Waals surface area contributed by atoms with Gasteiger partial charge in [0.2, 0.25) is 5.91 Å². The summed E-state index contributed by atoms with van der Waals surface area (Å²) in [5.74, 6) is -0.993. The summed E-state index contributed by atoms with van der Waals surface area (Å²) in [6.07, 6.45) is 4.15. The maximum Gasteiger partial charge on any atom is 0.327 e. The number of hydrogen-bond donors (Lipinski definition) is 3. The Balaban J connectivity index is 1.57. The molecule has 1 saturated carbocycles. The third kappa shape index (κ3) is 4.50. The topological polar surface area (TPSA) is 129 Å². The first-order valence-corrected chi connectivity index (χ1v) is 11.2. The summed E-state index contributed by atoms with van der Waals surface area (Å²) in [4.78, 5) is 36.4. The molecule has 3 N–H and O–H groups in total. The summed E-state index contributed by atoms with van der Waals surface area (Å²) in [5.41, 5.74) is 2.62. The monoisotopic (exact) mass is 459 g/mol. The third-order valence-electron chi connectivity index (χ3n) is 6.41. The van der Waals surface area contributed by atoms with E-state index >= 15 is 0 Å². The normalized spacial score (nSPS) is 20.2. The van der Waals surface area contributed by atoms with Gasteiger partial charge in [0.05, 0.1) is 18.2 Å². The Morgan fingerprint density at radius 3 is 2.82 bits per heavy atom. The van der Waals surface area contributed by atoms with Crippen molar-refractivity contribution in [3.8, 4) is 11.8 Å². The number of nitrogens with zero attached hydrogens (tertiary/aromatic N) is 1. The molecule has 1 fully saturated rings. The fraction of sp³-hybridized carbons (Fsp3) is 0.308. The van der Waals surface area contributed by atoms with E-state index in [4.69, 9.17) is 9.84 Å². The van der Waals surface area contributed by atoms with Gasteiger partial charge in [0.25, 0.3) is 5.91 Å². The molecular formula is C26H25N3O5. The van der Waals surface area contributed by atoms with Crippen molar-refractivity contribution in [2.75, 3.05) is 18.5 Å². The molecule has 0 aromatic heterocycles. The molecule has 8 heteroatoms. The quantitative estimate of drug-likeness (QED) is 0.546. The molecule has 2 aliphatic rings. The lowest BCUT2D eigenvalue weighted by atomic mass is 9.86. The SMILES string of the molecule is CCNC(=O)c1ccc2c(c1)[C@]1(CCO2)C[C@H]1C(=O)Nc1cc(C#N)ccc1CC=CC(=O)O. The van der Waals surface area contributed by atoms with Crippen molar-refractivity contribution in [1.82, 2.24) is 5.32 Å². The summed E-state index contributed by atoms with van der Waals surface area (Å²) in [6, 6.07) is 12.4. The number of hydrogen-bond acceptors (Lipinski definition) is 5. The number of nitriles is 1. The number of amides is 2. The summed E-state index contributed by atoms with van der Waals surface area (Å²) in [6.45, 7) is 2.87.